The summed E-state index contributed by atoms with van der Waals surface area (Å²) in [4.78, 5) is 4.95. The lowest BCUT2D eigenvalue weighted by molar-refractivity contribution is 0.135. The lowest BCUT2D eigenvalue weighted by Crippen LogP contribution is -2.49. The van der Waals surface area contributed by atoms with E-state index in [0.29, 0.717) is 12.5 Å². The van der Waals surface area contributed by atoms with Crippen LogP contribution in [0.5, 0.6) is 0 Å². The number of hydrogen-bond acceptors (Lipinski definition) is 6. The van der Waals surface area contributed by atoms with Gasteiger partial charge in [0.25, 0.3) is 0 Å². The SMILES string of the molecule is CC(C)[C@H](c1nnnn1Cc1ccco1)N1CCN(c2ccccc2)CC1. The van der Waals surface area contributed by atoms with E-state index in [9.17, 15) is 0 Å². The highest BCUT2D eigenvalue weighted by atomic mass is 16.3. The van der Waals surface area contributed by atoms with E-state index in [0.717, 1.165) is 37.8 Å². The first-order chi connectivity index (χ1) is 13.2. The summed E-state index contributed by atoms with van der Waals surface area (Å²) in [5.74, 6) is 2.18. The molecule has 0 saturated carbocycles. The summed E-state index contributed by atoms with van der Waals surface area (Å²) >= 11 is 0. The van der Waals surface area contributed by atoms with Crippen LogP contribution in [0.1, 0.15) is 31.5 Å². The maximum Gasteiger partial charge on any atom is 0.169 e. The van der Waals surface area contributed by atoms with Crippen LogP contribution in [0.3, 0.4) is 0 Å². The molecule has 2 aromatic heterocycles. The number of piperazine rings is 1. The number of anilines is 1. The van der Waals surface area contributed by atoms with Gasteiger partial charge in [0, 0.05) is 31.9 Å². The van der Waals surface area contributed by atoms with Gasteiger partial charge in [0.2, 0.25) is 0 Å². The number of nitrogens with zero attached hydrogens (tertiary/aromatic N) is 6. The summed E-state index contributed by atoms with van der Waals surface area (Å²) in [7, 11) is 0. The molecule has 1 atom stereocenters. The molecule has 0 aliphatic carbocycles. The van der Waals surface area contributed by atoms with Crippen LogP contribution in [0.2, 0.25) is 0 Å². The quantitative estimate of drug-likeness (QED) is 0.668. The van der Waals surface area contributed by atoms with E-state index in [1.165, 1.54) is 5.69 Å². The minimum absolute atomic E-state index is 0.188. The summed E-state index contributed by atoms with van der Waals surface area (Å²) in [5.41, 5.74) is 1.29. The minimum Gasteiger partial charge on any atom is -0.467 e. The smallest absolute Gasteiger partial charge is 0.169 e. The highest BCUT2D eigenvalue weighted by Gasteiger charge is 2.31. The summed E-state index contributed by atoms with van der Waals surface area (Å²) in [6, 6.07) is 14.7. The Morgan fingerprint density at radius 3 is 2.44 bits per heavy atom. The van der Waals surface area contributed by atoms with Crippen molar-refractivity contribution in [3.8, 4) is 0 Å². The molecule has 142 valence electrons. The van der Waals surface area contributed by atoms with Crippen LogP contribution in [0.15, 0.2) is 53.1 Å². The van der Waals surface area contributed by atoms with Gasteiger partial charge in [0.1, 0.15) is 12.3 Å². The molecule has 0 N–H and O–H groups in total. The van der Waals surface area contributed by atoms with Crippen LogP contribution in [0.25, 0.3) is 0 Å². The fraction of sp³-hybridized carbons (Fsp3) is 0.450. The molecule has 27 heavy (non-hydrogen) atoms. The first-order valence-electron chi connectivity index (χ1n) is 9.55. The number of aromatic nitrogens is 4. The van der Waals surface area contributed by atoms with Crippen molar-refractivity contribution in [2.45, 2.75) is 26.4 Å². The molecule has 1 aliphatic heterocycles. The fourth-order valence-corrected chi connectivity index (χ4v) is 3.87. The molecule has 0 bridgehead atoms. The number of benzene rings is 1. The first-order valence-corrected chi connectivity index (χ1v) is 9.55. The molecule has 1 aromatic carbocycles. The van der Waals surface area contributed by atoms with E-state index in [1.54, 1.807) is 6.26 Å². The highest BCUT2D eigenvalue weighted by Crippen LogP contribution is 2.29. The van der Waals surface area contributed by atoms with Gasteiger partial charge in [-0.2, -0.15) is 0 Å². The summed E-state index contributed by atoms with van der Waals surface area (Å²) < 4.78 is 7.34. The van der Waals surface area contributed by atoms with Crippen molar-refractivity contribution < 1.29 is 4.42 Å². The number of rotatable bonds is 6. The Labute approximate surface area is 159 Å². The van der Waals surface area contributed by atoms with Crippen LogP contribution >= 0.6 is 0 Å². The predicted octanol–water partition coefficient (Wildman–Crippen LogP) is 2.83. The van der Waals surface area contributed by atoms with Gasteiger partial charge in [-0.1, -0.05) is 32.0 Å². The molecule has 0 amide bonds. The van der Waals surface area contributed by atoms with E-state index in [-0.39, 0.29) is 6.04 Å². The van der Waals surface area contributed by atoms with E-state index in [4.69, 9.17) is 4.42 Å². The number of para-hydroxylation sites is 1. The molecule has 4 rings (SSSR count). The maximum absolute atomic E-state index is 5.47. The molecular weight excluding hydrogens is 340 g/mol. The second-order valence-corrected chi connectivity index (χ2v) is 7.32. The predicted molar refractivity (Wildman–Crippen MR) is 103 cm³/mol. The summed E-state index contributed by atoms with van der Waals surface area (Å²) in [6.45, 7) is 9.03. The molecule has 3 heterocycles. The summed E-state index contributed by atoms with van der Waals surface area (Å²) in [6.07, 6.45) is 1.68. The maximum atomic E-state index is 5.47. The van der Waals surface area contributed by atoms with E-state index in [1.807, 2.05) is 16.8 Å². The van der Waals surface area contributed by atoms with Gasteiger partial charge in [-0.05, 0) is 40.6 Å². The molecule has 7 nitrogen and oxygen atoms in total. The highest BCUT2D eigenvalue weighted by molar-refractivity contribution is 5.46. The Balaban J connectivity index is 1.49. The number of tetrazole rings is 1. The van der Waals surface area contributed by atoms with E-state index < -0.39 is 0 Å². The van der Waals surface area contributed by atoms with Crippen molar-refractivity contribution in [2.24, 2.45) is 5.92 Å². The Kier molecular flexibility index (Phi) is 5.20. The zero-order chi connectivity index (χ0) is 18.6. The lowest BCUT2D eigenvalue weighted by Gasteiger charge is -2.41. The van der Waals surface area contributed by atoms with Gasteiger partial charge in [-0.15, -0.1) is 5.10 Å². The van der Waals surface area contributed by atoms with Gasteiger partial charge < -0.3 is 9.32 Å². The Hall–Kier alpha value is -2.67. The van der Waals surface area contributed by atoms with Crippen LogP contribution in [0.4, 0.5) is 5.69 Å². The molecule has 0 unspecified atom stereocenters. The molecule has 1 aliphatic rings. The van der Waals surface area contributed by atoms with E-state index in [2.05, 4.69) is 69.5 Å². The third kappa shape index (κ3) is 3.88. The standard InChI is InChI=1S/C20H26N6O/c1-16(2)19(20-21-22-23-26(20)15-18-9-6-14-27-18)25-12-10-24(11-13-25)17-7-4-3-5-8-17/h3-9,14,16,19H,10-13,15H2,1-2H3/t19-/m1/s1. The second-order valence-electron chi connectivity index (χ2n) is 7.32. The first kappa shape index (κ1) is 17.7. The lowest BCUT2D eigenvalue weighted by atomic mass is 10.0. The van der Waals surface area contributed by atoms with Crippen molar-refractivity contribution >= 4 is 5.69 Å². The zero-order valence-electron chi connectivity index (χ0n) is 15.9. The Bertz CT molecular complexity index is 821. The Morgan fingerprint density at radius 1 is 1.00 bits per heavy atom. The third-order valence-electron chi connectivity index (χ3n) is 5.17. The van der Waals surface area contributed by atoms with Gasteiger partial charge in [-0.25, -0.2) is 4.68 Å². The average molecular weight is 366 g/mol. The monoisotopic (exact) mass is 366 g/mol. The zero-order valence-corrected chi connectivity index (χ0v) is 15.9. The summed E-state index contributed by atoms with van der Waals surface area (Å²) in [5, 5.41) is 12.5. The molecular formula is C20H26N6O. The largest absolute Gasteiger partial charge is 0.467 e. The normalized spacial score (nSPS) is 16.8. The molecule has 0 radical (unpaired) electrons. The van der Waals surface area contributed by atoms with Gasteiger partial charge in [0.05, 0.1) is 12.3 Å². The van der Waals surface area contributed by atoms with Crippen LogP contribution in [-0.4, -0.2) is 51.3 Å². The molecule has 1 fully saturated rings. The average Bonchev–Trinajstić information content (AvgIpc) is 3.36. The number of hydrogen-bond donors (Lipinski definition) is 0. The van der Waals surface area contributed by atoms with Gasteiger partial charge >= 0.3 is 0 Å². The third-order valence-corrected chi connectivity index (χ3v) is 5.17. The number of furan rings is 1. The van der Waals surface area contributed by atoms with Crippen LogP contribution < -0.4 is 4.90 Å². The van der Waals surface area contributed by atoms with Crippen molar-refractivity contribution in [3.63, 3.8) is 0 Å². The van der Waals surface area contributed by atoms with Gasteiger partial charge in [-0.3, -0.25) is 4.90 Å². The second kappa shape index (κ2) is 7.92. The molecule has 7 heteroatoms. The van der Waals surface area contributed by atoms with Gasteiger partial charge in [0.15, 0.2) is 5.82 Å². The topological polar surface area (TPSA) is 63.2 Å². The van der Waals surface area contributed by atoms with E-state index >= 15 is 0 Å². The van der Waals surface area contributed by atoms with Crippen molar-refractivity contribution in [2.75, 3.05) is 31.1 Å². The van der Waals surface area contributed by atoms with Crippen molar-refractivity contribution in [1.82, 2.24) is 25.1 Å². The van der Waals surface area contributed by atoms with Crippen LogP contribution in [0, 0.1) is 5.92 Å². The fourth-order valence-electron chi connectivity index (χ4n) is 3.87. The van der Waals surface area contributed by atoms with Crippen LogP contribution in [-0.2, 0) is 6.54 Å². The minimum atomic E-state index is 0.188. The van der Waals surface area contributed by atoms with Crippen molar-refractivity contribution in [3.05, 3.63) is 60.3 Å². The van der Waals surface area contributed by atoms with Crippen molar-refractivity contribution in [1.29, 1.82) is 0 Å². The molecule has 1 saturated heterocycles. The Morgan fingerprint density at radius 2 is 1.78 bits per heavy atom. The molecule has 0 spiro atoms. The molecule has 3 aromatic rings.